The quantitative estimate of drug-likeness (QED) is 0.666. The van der Waals surface area contributed by atoms with Crippen molar-refractivity contribution in [2.24, 2.45) is 0 Å². The van der Waals surface area contributed by atoms with Gasteiger partial charge in [0.1, 0.15) is 17.0 Å². The topological polar surface area (TPSA) is 41.9 Å². The van der Waals surface area contributed by atoms with Crippen molar-refractivity contribution in [2.75, 3.05) is 18.0 Å². The molecule has 0 bridgehead atoms. The maximum Gasteiger partial charge on any atom is 0.150 e. The number of pyridine rings is 1. The number of anilines is 1. The summed E-state index contributed by atoms with van der Waals surface area (Å²) in [6.07, 6.45) is 7.34. The van der Waals surface area contributed by atoms with Gasteiger partial charge in [-0.15, -0.1) is 11.3 Å². The van der Waals surface area contributed by atoms with Crippen LogP contribution >= 0.6 is 27.3 Å². The third kappa shape index (κ3) is 1.98. The van der Waals surface area contributed by atoms with Crippen LogP contribution in [0.1, 0.15) is 19.3 Å². The van der Waals surface area contributed by atoms with Crippen LogP contribution in [0.5, 0.6) is 0 Å². The third-order valence-electron chi connectivity index (χ3n) is 3.71. The largest absolute Gasteiger partial charge is 0.355 e. The maximum absolute atomic E-state index is 4.53. The van der Waals surface area contributed by atoms with Crippen LogP contribution < -0.4 is 4.90 Å². The molecule has 0 amide bonds. The maximum atomic E-state index is 4.53. The molecule has 6 heteroatoms. The average molecular weight is 349 g/mol. The van der Waals surface area contributed by atoms with Crippen LogP contribution in [-0.2, 0) is 0 Å². The lowest BCUT2D eigenvalue weighted by Crippen LogP contribution is -2.30. The van der Waals surface area contributed by atoms with E-state index in [9.17, 15) is 0 Å². The molecule has 4 heterocycles. The second-order valence-corrected chi connectivity index (χ2v) is 6.95. The van der Waals surface area contributed by atoms with E-state index in [1.807, 2.05) is 6.20 Å². The molecule has 3 aromatic rings. The van der Waals surface area contributed by atoms with E-state index in [-0.39, 0.29) is 0 Å². The smallest absolute Gasteiger partial charge is 0.150 e. The summed E-state index contributed by atoms with van der Waals surface area (Å²) in [5.41, 5.74) is 1.02. The van der Waals surface area contributed by atoms with Crippen molar-refractivity contribution >= 4 is 53.5 Å². The minimum atomic E-state index is 0.989. The third-order valence-corrected chi connectivity index (χ3v) is 5.24. The fourth-order valence-corrected chi connectivity index (χ4v) is 4.18. The van der Waals surface area contributed by atoms with Gasteiger partial charge in [-0.2, -0.15) is 0 Å². The predicted molar refractivity (Wildman–Crippen MR) is 86.5 cm³/mol. The zero-order valence-corrected chi connectivity index (χ0v) is 13.2. The molecule has 4 rings (SSSR count). The minimum Gasteiger partial charge on any atom is -0.355 e. The molecule has 0 unspecified atom stereocenters. The van der Waals surface area contributed by atoms with Crippen LogP contribution in [0.25, 0.3) is 20.4 Å². The number of halogens is 1. The fraction of sp³-hybridized carbons (Fsp3) is 0.357. The molecule has 3 aromatic heterocycles. The standard InChI is InChI=1S/C14H13BrN4S/c15-9-6-10-11-12(20-14(10)16-7-9)13(18-8-17-11)19-4-2-1-3-5-19/h6-8H,1-5H2. The van der Waals surface area contributed by atoms with E-state index in [0.29, 0.717) is 0 Å². The normalized spacial score (nSPS) is 16.1. The second kappa shape index (κ2) is 4.93. The summed E-state index contributed by atoms with van der Waals surface area (Å²) >= 11 is 5.18. The molecule has 1 fully saturated rings. The molecule has 102 valence electrons. The summed E-state index contributed by atoms with van der Waals surface area (Å²) in [5, 5.41) is 1.11. The van der Waals surface area contributed by atoms with Crippen molar-refractivity contribution in [3.05, 3.63) is 23.1 Å². The van der Waals surface area contributed by atoms with E-state index in [2.05, 4.69) is 41.8 Å². The van der Waals surface area contributed by atoms with Crippen LogP contribution in [-0.4, -0.2) is 28.0 Å². The van der Waals surface area contributed by atoms with Crippen LogP contribution in [0.2, 0.25) is 0 Å². The molecule has 4 nitrogen and oxygen atoms in total. The highest BCUT2D eigenvalue weighted by Gasteiger charge is 2.18. The van der Waals surface area contributed by atoms with Gasteiger partial charge in [0.25, 0.3) is 0 Å². The van der Waals surface area contributed by atoms with Gasteiger partial charge in [-0.1, -0.05) is 0 Å². The Balaban J connectivity index is 1.95. The Bertz CT molecular complexity index is 779. The zero-order valence-electron chi connectivity index (χ0n) is 10.8. The molecule has 1 saturated heterocycles. The van der Waals surface area contributed by atoms with Gasteiger partial charge >= 0.3 is 0 Å². The number of nitrogens with zero attached hydrogens (tertiary/aromatic N) is 4. The van der Waals surface area contributed by atoms with Gasteiger partial charge in [0, 0.05) is 29.1 Å². The van der Waals surface area contributed by atoms with Gasteiger partial charge in [0.2, 0.25) is 0 Å². The number of hydrogen-bond donors (Lipinski definition) is 0. The van der Waals surface area contributed by atoms with E-state index >= 15 is 0 Å². The first-order valence-corrected chi connectivity index (χ1v) is 8.37. The Morgan fingerprint density at radius 1 is 1.10 bits per heavy atom. The van der Waals surface area contributed by atoms with Gasteiger partial charge in [0.15, 0.2) is 0 Å². The first kappa shape index (κ1) is 12.5. The van der Waals surface area contributed by atoms with Crippen molar-refractivity contribution < 1.29 is 0 Å². The molecule has 0 N–H and O–H groups in total. The monoisotopic (exact) mass is 348 g/mol. The Labute approximate surface area is 129 Å². The first-order chi connectivity index (χ1) is 9.83. The summed E-state index contributed by atoms with van der Waals surface area (Å²) in [7, 11) is 0. The first-order valence-electron chi connectivity index (χ1n) is 6.76. The lowest BCUT2D eigenvalue weighted by atomic mass is 10.1. The van der Waals surface area contributed by atoms with Crippen LogP contribution in [0.15, 0.2) is 23.1 Å². The lowest BCUT2D eigenvalue weighted by Gasteiger charge is -2.27. The molecule has 0 spiro atoms. The Morgan fingerprint density at radius 2 is 1.95 bits per heavy atom. The van der Waals surface area contributed by atoms with Crippen LogP contribution in [0, 0.1) is 0 Å². The molecule has 1 aliphatic heterocycles. The van der Waals surface area contributed by atoms with Gasteiger partial charge in [-0.05, 0) is 41.3 Å². The van der Waals surface area contributed by atoms with Gasteiger partial charge in [-0.3, -0.25) is 0 Å². The summed E-state index contributed by atoms with van der Waals surface area (Å²) in [5.74, 6) is 1.08. The summed E-state index contributed by atoms with van der Waals surface area (Å²) in [4.78, 5) is 16.9. The van der Waals surface area contributed by atoms with Crippen molar-refractivity contribution in [1.29, 1.82) is 0 Å². The minimum absolute atomic E-state index is 0.989. The number of aromatic nitrogens is 3. The Kier molecular flexibility index (Phi) is 3.07. The van der Waals surface area contributed by atoms with Crippen LogP contribution in [0.3, 0.4) is 0 Å². The highest BCUT2D eigenvalue weighted by molar-refractivity contribution is 9.10. The van der Waals surface area contributed by atoms with E-state index in [0.717, 1.165) is 43.8 Å². The van der Waals surface area contributed by atoms with E-state index in [4.69, 9.17) is 0 Å². The fourth-order valence-electron chi connectivity index (χ4n) is 2.76. The van der Waals surface area contributed by atoms with Crippen molar-refractivity contribution in [2.45, 2.75) is 19.3 Å². The molecular weight excluding hydrogens is 336 g/mol. The number of piperidine rings is 1. The molecule has 0 saturated carbocycles. The van der Waals surface area contributed by atoms with Crippen molar-refractivity contribution in [3.63, 3.8) is 0 Å². The highest BCUT2D eigenvalue weighted by atomic mass is 79.9. The Hall–Kier alpha value is -1.27. The molecular formula is C14H13BrN4S. The van der Waals surface area contributed by atoms with Crippen molar-refractivity contribution in [3.8, 4) is 0 Å². The Morgan fingerprint density at radius 3 is 2.80 bits per heavy atom. The SMILES string of the molecule is Brc1cnc2sc3c(N4CCCCC4)ncnc3c2c1. The molecule has 0 aliphatic carbocycles. The highest BCUT2D eigenvalue weighted by Crippen LogP contribution is 2.37. The molecule has 0 atom stereocenters. The number of thiophene rings is 1. The predicted octanol–water partition coefficient (Wildman–Crippen LogP) is 3.99. The van der Waals surface area contributed by atoms with Crippen molar-refractivity contribution in [1.82, 2.24) is 15.0 Å². The van der Waals surface area contributed by atoms with Gasteiger partial charge in [-0.25, -0.2) is 15.0 Å². The summed E-state index contributed by atoms with van der Waals surface area (Å²) < 4.78 is 2.15. The zero-order chi connectivity index (χ0) is 13.5. The number of fused-ring (bicyclic) bond motifs is 3. The van der Waals surface area contributed by atoms with E-state index in [1.165, 1.54) is 19.3 Å². The van der Waals surface area contributed by atoms with Crippen LogP contribution in [0.4, 0.5) is 5.82 Å². The summed E-state index contributed by atoms with van der Waals surface area (Å²) in [6.45, 7) is 2.19. The average Bonchev–Trinajstić information content (AvgIpc) is 2.86. The molecule has 0 aromatic carbocycles. The lowest BCUT2D eigenvalue weighted by molar-refractivity contribution is 0.575. The van der Waals surface area contributed by atoms with E-state index < -0.39 is 0 Å². The number of rotatable bonds is 1. The van der Waals surface area contributed by atoms with E-state index in [1.54, 1.807) is 17.7 Å². The van der Waals surface area contributed by atoms with Gasteiger partial charge in [0.05, 0.1) is 10.2 Å². The second-order valence-electron chi connectivity index (χ2n) is 5.03. The van der Waals surface area contributed by atoms with Gasteiger partial charge < -0.3 is 4.90 Å². The number of hydrogen-bond acceptors (Lipinski definition) is 5. The summed E-state index contributed by atoms with van der Waals surface area (Å²) in [6, 6.07) is 2.09. The molecule has 20 heavy (non-hydrogen) atoms. The molecule has 0 radical (unpaired) electrons. The molecule has 1 aliphatic rings.